The van der Waals surface area contributed by atoms with Gasteiger partial charge in [0.1, 0.15) is 17.7 Å². The number of hydrogen-bond acceptors (Lipinski definition) is 5. The second-order valence-electron chi connectivity index (χ2n) is 8.64. The maximum absolute atomic E-state index is 13.4. The van der Waals surface area contributed by atoms with E-state index < -0.39 is 6.09 Å². The zero-order valence-electron chi connectivity index (χ0n) is 18.4. The van der Waals surface area contributed by atoms with Gasteiger partial charge in [0, 0.05) is 51.3 Å². The topological polar surface area (TPSA) is 101 Å². The molecule has 9 heteroatoms. The van der Waals surface area contributed by atoms with E-state index in [9.17, 15) is 19.1 Å². The molecule has 2 fully saturated rings. The van der Waals surface area contributed by atoms with Crippen LogP contribution in [0.15, 0.2) is 42.6 Å². The lowest BCUT2D eigenvalue weighted by Gasteiger charge is -2.34. The van der Waals surface area contributed by atoms with Crippen molar-refractivity contribution in [1.29, 1.82) is 5.26 Å². The van der Waals surface area contributed by atoms with Crippen LogP contribution in [0, 0.1) is 23.1 Å². The number of piperidine rings is 1. The maximum Gasteiger partial charge on any atom is 0.407 e. The molecule has 172 valence electrons. The number of benzene rings is 1. The standard InChI is InChI=1S/C24H26FN5O3/c1-28(24(32)33)21-15-30(14-20(21)17-3-5-19(25)6-4-17)23(31)18-8-10-29(11-9-18)22-7-2-16(12-26)13-27-22/h2-7,13,18,20-21H,8-11,14-15H2,1H3,(H,32,33)/t20-,21+/m0/s1. The predicted octanol–water partition coefficient (Wildman–Crippen LogP) is 2.91. The molecule has 0 aliphatic carbocycles. The fourth-order valence-corrected chi connectivity index (χ4v) is 4.79. The van der Waals surface area contributed by atoms with Gasteiger partial charge in [-0.05, 0) is 42.7 Å². The molecule has 0 radical (unpaired) electrons. The summed E-state index contributed by atoms with van der Waals surface area (Å²) >= 11 is 0. The molecule has 0 unspecified atom stereocenters. The number of pyridine rings is 1. The first-order valence-corrected chi connectivity index (χ1v) is 11.0. The van der Waals surface area contributed by atoms with Gasteiger partial charge in [0.15, 0.2) is 0 Å². The van der Waals surface area contributed by atoms with E-state index in [2.05, 4.69) is 16.0 Å². The van der Waals surface area contributed by atoms with Gasteiger partial charge in [-0.2, -0.15) is 5.26 Å². The number of nitrogens with zero attached hydrogens (tertiary/aromatic N) is 5. The van der Waals surface area contributed by atoms with Crippen LogP contribution in [-0.2, 0) is 4.79 Å². The summed E-state index contributed by atoms with van der Waals surface area (Å²) in [7, 11) is 1.51. The van der Waals surface area contributed by atoms with Crippen molar-refractivity contribution < 1.29 is 19.1 Å². The van der Waals surface area contributed by atoms with Crippen LogP contribution in [0.2, 0.25) is 0 Å². The van der Waals surface area contributed by atoms with Crippen molar-refractivity contribution in [2.75, 3.05) is 38.1 Å². The lowest BCUT2D eigenvalue weighted by Crippen LogP contribution is -2.44. The number of anilines is 1. The number of nitriles is 1. The molecule has 2 aliphatic heterocycles. The Balaban J connectivity index is 1.43. The average Bonchev–Trinajstić information content (AvgIpc) is 3.29. The molecule has 1 aromatic heterocycles. The maximum atomic E-state index is 13.4. The minimum absolute atomic E-state index is 0.0378. The Morgan fingerprint density at radius 2 is 1.85 bits per heavy atom. The van der Waals surface area contributed by atoms with Gasteiger partial charge in [-0.15, -0.1) is 0 Å². The third kappa shape index (κ3) is 4.75. The smallest absolute Gasteiger partial charge is 0.407 e. The van der Waals surface area contributed by atoms with E-state index >= 15 is 0 Å². The number of hydrogen-bond donors (Lipinski definition) is 1. The van der Waals surface area contributed by atoms with Crippen LogP contribution in [0.25, 0.3) is 0 Å². The van der Waals surface area contributed by atoms with Crippen LogP contribution in [-0.4, -0.2) is 71.2 Å². The van der Waals surface area contributed by atoms with Crippen molar-refractivity contribution in [3.8, 4) is 6.07 Å². The zero-order valence-corrected chi connectivity index (χ0v) is 18.4. The van der Waals surface area contributed by atoms with E-state index in [4.69, 9.17) is 5.26 Å². The van der Waals surface area contributed by atoms with Gasteiger partial charge in [-0.1, -0.05) is 12.1 Å². The molecule has 4 rings (SSSR count). The summed E-state index contributed by atoms with van der Waals surface area (Å²) in [6.45, 7) is 2.09. The summed E-state index contributed by atoms with van der Waals surface area (Å²) < 4.78 is 13.4. The lowest BCUT2D eigenvalue weighted by molar-refractivity contribution is -0.135. The first-order chi connectivity index (χ1) is 15.9. The Hall–Kier alpha value is -3.67. The summed E-state index contributed by atoms with van der Waals surface area (Å²) in [4.78, 5) is 34.4. The molecule has 0 bridgehead atoms. The Morgan fingerprint density at radius 1 is 1.15 bits per heavy atom. The van der Waals surface area contributed by atoms with Crippen LogP contribution >= 0.6 is 0 Å². The van der Waals surface area contributed by atoms with Crippen molar-refractivity contribution in [3.05, 3.63) is 59.5 Å². The molecule has 1 aromatic carbocycles. The molecule has 2 aliphatic rings. The van der Waals surface area contributed by atoms with Crippen molar-refractivity contribution in [2.45, 2.75) is 24.8 Å². The second kappa shape index (κ2) is 9.45. The predicted molar refractivity (Wildman–Crippen MR) is 119 cm³/mol. The van der Waals surface area contributed by atoms with Crippen LogP contribution in [0.4, 0.5) is 15.0 Å². The lowest BCUT2D eigenvalue weighted by atomic mass is 9.93. The minimum Gasteiger partial charge on any atom is -0.465 e. The number of carbonyl (C=O) groups excluding carboxylic acids is 1. The van der Waals surface area contributed by atoms with E-state index in [1.54, 1.807) is 29.3 Å². The molecule has 2 atom stereocenters. The quantitative estimate of drug-likeness (QED) is 0.767. The molecule has 3 heterocycles. The third-order valence-corrected chi connectivity index (χ3v) is 6.74. The molecule has 8 nitrogen and oxygen atoms in total. The van der Waals surface area contributed by atoms with E-state index in [1.165, 1.54) is 24.1 Å². The Morgan fingerprint density at radius 3 is 2.42 bits per heavy atom. The zero-order chi connectivity index (χ0) is 23.5. The number of carbonyl (C=O) groups is 2. The van der Waals surface area contributed by atoms with Gasteiger partial charge >= 0.3 is 6.09 Å². The number of halogens is 1. The van der Waals surface area contributed by atoms with Crippen molar-refractivity contribution in [3.63, 3.8) is 0 Å². The fraction of sp³-hybridized carbons (Fsp3) is 0.417. The van der Waals surface area contributed by atoms with Crippen LogP contribution in [0.1, 0.15) is 29.9 Å². The summed E-state index contributed by atoms with van der Waals surface area (Å²) in [5.74, 6) is 0.133. The summed E-state index contributed by atoms with van der Waals surface area (Å²) in [5.41, 5.74) is 1.33. The molecule has 2 aromatic rings. The normalized spacial score (nSPS) is 21.0. The Labute approximate surface area is 191 Å². The van der Waals surface area contributed by atoms with E-state index in [0.717, 1.165) is 11.4 Å². The molecular formula is C24H26FN5O3. The highest BCUT2D eigenvalue weighted by atomic mass is 19.1. The highest BCUT2D eigenvalue weighted by molar-refractivity contribution is 5.80. The monoisotopic (exact) mass is 451 g/mol. The van der Waals surface area contributed by atoms with Crippen LogP contribution in [0.5, 0.6) is 0 Å². The van der Waals surface area contributed by atoms with Gasteiger partial charge in [-0.3, -0.25) is 4.79 Å². The molecule has 0 saturated carbocycles. The number of carboxylic acid groups (broad SMARTS) is 1. The molecular weight excluding hydrogens is 425 g/mol. The van der Waals surface area contributed by atoms with Crippen molar-refractivity contribution >= 4 is 17.8 Å². The molecule has 2 saturated heterocycles. The SMILES string of the molecule is CN(C(=O)O)[C@@H]1CN(C(=O)C2CCN(c3ccc(C#N)cn3)CC2)C[C@H]1c1ccc(F)cc1. The average molecular weight is 452 g/mol. The Bertz CT molecular complexity index is 1050. The number of rotatable bonds is 4. The number of amides is 2. The number of likely N-dealkylation sites (tertiary alicyclic amines) is 1. The summed E-state index contributed by atoms with van der Waals surface area (Å²) in [6.07, 6.45) is 1.85. The number of aromatic nitrogens is 1. The first kappa shape index (κ1) is 22.5. The first-order valence-electron chi connectivity index (χ1n) is 11.0. The Kier molecular flexibility index (Phi) is 6.45. The van der Waals surface area contributed by atoms with Crippen molar-refractivity contribution in [1.82, 2.24) is 14.8 Å². The van der Waals surface area contributed by atoms with Gasteiger partial charge in [0.2, 0.25) is 5.91 Å². The van der Waals surface area contributed by atoms with Crippen LogP contribution < -0.4 is 4.90 Å². The van der Waals surface area contributed by atoms with Gasteiger partial charge in [0.05, 0.1) is 11.6 Å². The van der Waals surface area contributed by atoms with Gasteiger partial charge in [-0.25, -0.2) is 14.2 Å². The summed E-state index contributed by atoms with van der Waals surface area (Å²) in [6, 6.07) is 11.3. The van der Waals surface area contributed by atoms with Gasteiger partial charge < -0.3 is 19.8 Å². The van der Waals surface area contributed by atoms with Crippen molar-refractivity contribution in [2.24, 2.45) is 5.92 Å². The highest BCUT2D eigenvalue weighted by Gasteiger charge is 2.42. The second-order valence-corrected chi connectivity index (χ2v) is 8.64. The molecule has 33 heavy (non-hydrogen) atoms. The third-order valence-electron chi connectivity index (χ3n) is 6.74. The van der Waals surface area contributed by atoms with Gasteiger partial charge in [0.25, 0.3) is 0 Å². The largest absolute Gasteiger partial charge is 0.465 e. The van der Waals surface area contributed by atoms with Crippen LogP contribution in [0.3, 0.4) is 0 Å². The van der Waals surface area contributed by atoms with E-state index in [0.29, 0.717) is 44.6 Å². The number of likely N-dealkylation sites (N-methyl/N-ethyl adjacent to an activating group) is 1. The molecule has 2 amide bonds. The molecule has 1 N–H and O–H groups in total. The van der Waals surface area contributed by atoms with E-state index in [-0.39, 0.29) is 29.6 Å². The summed E-state index contributed by atoms with van der Waals surface area (Å²) in [5, 5.41) is 18.5. The fourth-order valence-electron chi connectivity index (χ4n) is 4.79. The molecule has 0 spiro atoms. The van der Waals surface area contributed by atoms with E-state index in [1.807, 2.05) is 6.07 Å². The highest BCUT2D eigenvalue weighted by Crippen LogP contribution is 2.33. The minimum atomic E-state index is -1.05.